The SMILES string of the molecule is CC(CCc1csc(N)n1)C(N)C(=O)OC(C)(C)C. The molecule has 1 aromatic rings. The third kappa shape index (κ3) is 5.57. The maximum atomic E-state index is 11.8. The van der Waals surface area contributed by atoms with Crippen molar-refractivity contribution in [3.63, 3.8) is 0 Å². The molecule has 4 N–H and O–H groups in total. The van der Waals surface area contributed by atoms with E-state index in [0.717, 1.165) is 18.5 Å². The number of nitrogens with zero attached hydrogens (tertiary/aromatic N) is 1. The number of anilines is 1. The summed E-state index contributed by atoms with van der Waals surface area (Å²) >= 11 is 1.42. The highest BCUT2D eigenvalue weighted by atomic mass is 32.1. The second kappa shape index (κ2) is 6.34. The van der Waals surface area contributed by atoms with E-state index in [-0.39, 0.29) is 11.9 Å². The number of hydrogen-bond donors (Lipinski definition) is 2. The zero-order chi connectivity index (χ0) is 14.6. The van der Waals surface area contributed by atoms with Crippen molar-refractivity contribution in [1.82, 2.24) is 4.98 Å². The monoisotopic (exact) mass is 285 g/mol. The van der Waals surface area contributed by atoms with E-state index in [0.29, 0.717) is 5.13 Å². The summed E-state index contributed by atoms with van der Waals surface area (Å²) in [4.78, 5) is 16.0. The van der Waals surface area contributed by atoms with Crippen molar-refractivity contribution in [2.75, 3.05) is 5.73 Å². The van der Waals surface area contributed by atoms with Gasteiger partial charge in [-0.05, 0) is 39.5 Å². The maximum Gasteiger partial charge on any atom is 0.323 e. The van der Waals surface area contributed by atoms with Crippen LogP contribution in [0.3, 0.4) is 0 Å². The van der Waals surface area contributed by atoms with Crippen molar-refractivity contribution in [3.8, 4) is 0 Å². The van der Waals surface area contributed by atoms with Crippen LogP contribution in [0.5, 0.6) is 0 Å². The van der Waals surface area contributed by atoms with Crippen LogP contribution in [0.25, 0.3) is 0 Å². The van der Waals surface area contributed by atoms with Crippen LogP contribution in [-0.4, -0.2) is 22.6 Å². The van der Waals surface area contributed by atoms with Crippen molar-refractivity contribution in [3.05, 3.63) is 11.1 Å². The first-order valence-electron chi connectivity index (χ1n) is 6.37. The first-order chi connectivity index (χ1) is 8.69. The molecule has 1 heterocycles. The average Bonchev–Trinajstić information content (AvgIpc) is 2.68. The number of rotatable bonds is 5. The molecule has 5 nitrogen and oxygen atoms in total. The van der Waals surface area contributed by atoms with Crippen LogP contribution in [0.15, 0.2) is 5.38 Å². The second-order valence-corrected chi connectivity index (χ2v) is 6.64. The number of thiazole rings is 1. The van der Waals surface area contributed by atoms with E-state index in [2.05, 4.69) is 4.98 Å². The zero-order valence-electron chi connectivity index (χ0n) is 12.0. The summed E-state index contributed by atoms with van der Waals surface area (Å²) in [7, 11) is 0. The molecule has 0 spiro atoms. The molecule has 0 radical (unpaired) electrons. The lowest BCUT2D eigenvalue weighted by Crippen LogP contribution is -2.41. The molecule has 1 rings (SSSR count). The molecule has 0 aliphatic carbocycles. The third-order valence-electron chi connectivity index (χ3n) is 2.72. The molecule has 19 heavy (non-hydrogen) atoms. The van der Waals surface area contributed by atoms with Crippen molar-refractivity contribution in [2.24, 2.45) is 11.7 Å². The number of hydrogen-bond acceptors (Lipinski definition) is 6. The van der Waals surface area contributed by atoms with Crippen LogP contribution < -0.4 is 11.5 Å². The number of nitrogen functional groups attached to an aromatic ring is 1. The Balaban J connectivity index is 2.44. The van der Waals surface area contributed by atoms with Gasteiger partial charge in [0.2, 0.25) is 0 Å². The average molecular weight is 285 g/mol. The van der Waals surface area contributed by atoms with E-state index in [9.17, 15) is 4.79 Å². The Morgan fingerprint density at radius 1 is 1.53 bits per heavy atom. The van der Waals surface area contributed by atoms with Crippen LogP contribution in [0.1, 0.15) is 39.8 Å². The van der Waals surface area contributed by atoms with Gasteiger partial charge in [-0.2, -0.15) is 0 Å². The van der Waals surface area contributed by atoms with Gasteiger partial charge in [-0.3, -0.25) is 4.79 Å². The number of ether oxygens (including phenoxy) is 1. The Morgan fingerprint density at radius 2 is 2.16 bits per heavy atom. The molecular formula is C13H23N3O2S. The molecule has 2 atom stereocenters. The number of esters is 1. The predicted octanol–water partition coefficient (Wildman–Crippen LogP) is 1.96. The number of aryl methyl sites for hydroxylation is 1. The molecular weight excluding hydrogens is 262 g/mol. The van der Waals surface area contributed by atoms with Crippen LogP contribution in [0.2, 0.25) is 0 Å². The van der Waals surface area contributed by atoms with Gasteiger partial charge in [-0.1, -0.05) is 6.92 Å². The van der Waals surface area contributed by atoms with Crippen molar-refractivity contribution in [1.29, 1.82) is 0 Å². The van der Waals surface area contributed by atoms with Crippen LogP contribution in [0, 0.1) is 5.92 Å². The van der Waals surface area contributed by atoms with Gasteiger partial charge in [0.25, 0.3) is 0 Å². The summed E-state index contributed by atoms with van der Waals surface area (Å²) in [5.74, 6) is -0.310. The Labute approximate surface area is 118 Å². The summed E-state index contributed by atoms with van der Waals surface area (Å²) in [6, 6.07) is -0.602. The van der Waals surface area contributed by atoms with E-state index in [1.807, 2.05) is 33.1 Å². The third-order valence-corrected chi connectivity index (χ3v) is 3.44. The summed E-state index contributed by atoms with van der Waals surface area (Å²) in [6.45, 7) is 7.45. The minimum atomic E-state index is -0.602. The molecule has 0 saturated carbocycles. The van der Waals surface area contributed by atoms with E-state index in [1.165, 1.54) is 11.3 Å². The number of aromatic nitrogens is 1. The molecule has 2 unspecified atom stereocenters. The van der Waals surface area contributed by atoms with Gasteiger partial charge < -0.3 is 16.2 Å². The fraction of sp³-hybridized carbons (Fsp3) is 0.692. The fourth-order valence-corrected chi connectivity index (χ4v) is 2.19. The van der Waals surface area contributed by atoms with Crippen LogP contribution in [0.4, 0.5) is 5.13 Å². The Morgan fingerprint density at radius 3 is 2.63 bits per heavy atom. The van der Waals surface area contributed by atoms with Crippen molar-refractivity contribution in [2.45, 2.75) is 52.2 Å². The number of carbonyl (C=O) groups is 1. The predicted molar refractivity (Wildman–Crippen MR) is 77.8 cm³/mol. The van der Waals surface area contributed by atoms with Gasteiger partial charge in [0, 0.05) is 5.38 Å². The van der Waals surface area contributed by atoms with Gasteiger partial charge in [0.1, 0.15) is 11.6 Å². The molecule has 0 aromatic carbocycles. The van der Waals surface area contributed by atoms with Crippen LogP contribution in [-0.2, 0) is 16.0 Å². The molecule has 0 bridgehead atoms. The Hall–Kier alpha value is -1.14. The van der Waals surface area contributed by atoms with E-state index < -0.39 is 11.6 Å². The summed E-state index contributed by atoms with van der Waals surface area (Å²) < 4.78 is 5.28. The highest BCUT2D eigenvalue weighted by Crippen LogP contribution is 2.18. The fourth-order valence-electron chi connectivity index (χ4n) is 1.59. The lowest BCUT2D eigenvalue weighted by atomic mass is 9.96. The van der Waals surface area contributed by atoms with E-state index in [4.69, 9.17) is 16.2 Å². The van der Waals surface area contributed by atoms with Gasteiger partial charge >= 0.3 is 5.97 Å². The lowest BCUT2D eigenvalue weighted by Gasteiger charge is -2.24. The molecule has 1 aromatic heterocycles. The zero-order valence-corrected chi connectivity index (χ0v) is 12.8. The van der Waals surface area contributed by atoms with E-state index >= 15 is 0 Å². The second-order valence-electron chi connectivity index (χ2n) is 5.75. The smallest absolute Gasteiger partial charge is 0.323 e. The maximum absolute atomic E-state index is 11.8. The first-order valence-corrected chi connectivity index (χ1v) is 7.25. The molecule has 0 fully saturated rings. The topological polar surface area (TPSA) is 91.2 Å². The Kier molecular flexibility index (Phi) is 5.31. The Bertz CT molecular complexity index is 426. The van der Waals surface area contributed by atoms with Gasteiger partial charge in [0.05, 0.1) is 5.69 Å². The highest BCUT2D eigenvalue weighted by molar-refractivity contribution is 7.13. The first kappa shape index (κ1) is 15.9. The number of nitrogens with two attached hydrogens (primary N) is 2. The molecule has 0 aliphatic heterocycles. The summed E-state index contributed by atoms with van der Waals surface area (Å²) in [5, 5.41) is 2.50. The molecule has 0 aliphatic rings. The highest BCUT2D eigenvalue weighted by Gasteiger charge is 2.26. The largest absolute Gasteiger partial charge is 0.459 e. The summed E-state index contributed by atoms with van der Waals surface area (Å²) in [5.41, 5.74) is 11.9. The minimum Gasteiger partial charge on any atom is -0.459 e. The molecule has 6 heteroatoms. The summed E-state index contributed by atoms with van der Waals surface area (Å²) in [6.07, 6.45) is 1.55. The van der Waals surface area contributed by atoms with Crippen LogP contribution >= 0.6 is 11.3 Å². The standard InChI is InChI=1S/C13H23N3O2S/c1-8(5-6-9-7-19-12(15)16-9)10(14)11(17)18-13(2,3)4/h7-8,10H,5-6,14H2,1-4H3,(H2,15,16). The van der Waals surface area contributed by atoms with Crippen molar-refractivity contribution < 1.29 is 9.53 Å². The molecule has 0 amide bonds. The van der Waals surface area contributed by atoms with Crippen molar-refractivity contribution >= 4 is 22.4 Å². The van der Waals surface area contributed by atoms with E-state index in [1.54, 1.807) is 0 Å². The minimum absolute atomic E-state index is 0.0396. The van der Waals surface area contributed by atoms with Gasteiger partial charge in [0.15, 0.2) is 5.13 Å². The quantitative estimate of drug-likeness (QED) is 0.807. The molecule has 108 valence electrons. The lowest BCUT2D eigenvalue weighted by molar-refractivity contribution is -0.157. The van der Waals surface area contributed by atoms with Gasteiger partial charge in [-0.25, -0.2) is 4.98 Å². The number of carbonyl (C=O) groups excluding carboxylic acids is 1. The normalized spacial score (nSPS) is 15.0. The molecule has 0 saturated heterocycles. The van der Waals surface area contributed by atoms with Gasteiger partial charge in [-0.15, -0.1) is 11.3 Å².